The molecule has 0 saturated carbocycles. The maximum absolute atomic E-state index is 12.6. The van der Waals surface area contributed by atoms with Crippen LogP contribution in [0.3, 0.4) is 0 Å². The van der Waals surface area contributed by atoms with Crippen LogP contribution in [0.4, 0.5) is 0 Å². The number of aryl methyl sites for hydroxylation is 2. The molecule has 2 heterocycles. The molecule has 21 heavy (non-hydrogen) atoms. The molecule has 7 nitrogen and oxygen atoms in total. The standard InChI is InChI=1S/C13H21N5O2S/c1-14-8-11-7-12(9-17(11)3)21(19,20)18(4)10-13-15-5-6-16(13)2/h5-7,9,14H,8,10H2,1-4H3. The van der Waals surface area contributed by atoms with E-state index in [1.54, 1.807) is 31.7 Å². The van der Waals surface area contributed by atoms with Crippen LogP contribution in [0.15, 0.2) is 29.6 Å². The Labute approximate surface area is 125 Å². The fourth-order valence-corrected chi connectivity index (χ4v) is 3.31. The molecule has 0 amide bonds. The second-order valence-electron chi connectivity index (χ2n) is 5.02. The molecule has 0 spiro atoms. The van der Waals surface area contributed by atoms with Crippen LogP contribution in [-0.2, 0) is 37.2 Å². The van der Waals surface area contributed by atoms with Gasteiger partial charge in [-0.05, 0) is 13.1 Å². The molecule has 0 atom stereocenters. The van der Waals surface area contributed by atoms with E-state index in [-0.39, 0.29) is 6.54 Å². The summed E-state index contributed by atoms with van der Waals surface area (Å²) in [5, 5.41) is 3.02. The second-order valence-corrected chi connectivity index (χ2v) is 7.07. The van der Waals surface area contributed by atoms with Gasteiger partial charge >= 0.3 is 0 Å². The highest BCUT2D eigenvalue weighted by Crippen LogP contribution is 2.18. The lowest BCUT2D eigenvalue weighted by atomic mass is 10.4. The third-order valence-electron chi connectivity index (χ3n) is 3.43. The summed E-state index contributed by atoms with van der Waals surface area (Å²) in [4.78, 5) is 4.45. The van der Waals surface area contributed by atoms with Gasteiger partial charge in [-0.3, -0.25) is 0 Å². The lowest BCUT2D eigenvalue weighted by Gasteiger charge is -2.15. The van der Waals surface area contributed by atoms with E-state index in [0.717, 1.165) is 5.69 Å². The minimum absolute atomic E-state index is 0.238. The summed E-state index contributed by atoms with van der Waals surface area (Å²) in [7, 11) is 3.55. The van der Waals surface area contributed by atoms with E-state index < -0.39 is 10.0 Å². The topological polar surface area (TPSA) is 72.2 Å². The molecule has 0 aliphatic carbocycles. The average Bonchev–Trinajstić information content (AvgIpc) is 2.98. The van der Waals surface area contributed by atoms with Gasteiger partial charge in [0.05, 0.1) is 6.54 Å². The average molecular weight is 311 g/mol. The second kappa shape index (κ2) is 6.00. The fraction of sp³-hybridized carbons (Fsp3) is 0.462. The zero-order valence-corrected chi connectivity index (χ0v) is 13.6. The van der Waals surface area contributed by atoms with E-state index in [4.69, 9.17) is 0 Å². The maximum atomic E-state index is 12.6. The van der Waals surface area contributed by atoms with Crippen molar-refractivity contribution in [3.8, 4) is 0 Å². The Morgan fingerprint density at radius 1 is 1.33 bits per heavy atom. The van der Waals surface area contributed by atoms with E-state index in [1.807, 2.05) is 30.3 Å². The molecule has 0 fully saturated rings. The van der Waals surface area contributed by atoms with E-state index in [2.05, 4.69) is 10.3 Å². The predicted octanol–water partition coefficient (Wildman–Crippen LogP) is 0.299. The number of nitrogens with zero attached hydrogens (tertiary/aromatic N) is 4. The van der Waals surface area contributed by atoms with Crippen LogP contribution in [0, 0.1) is 0 Å². The molecule has 0 aliphatic heterocycles. The van der Waals surface area contributed by atoms with Crippen molar-refractivity contribution in [1.29, 1.82) is 0 Å². The van der Waals surface area contributed by atoms with Gasteiger partial charge in [-0.15, -0.1) is 0 Å². The van der Waals surface area contributed by atoms with Gasteiger partial charge in [-0.2, -0.15) is 4.31 Å². The van der Waals surface area contributed by atoms with Gasteiger partial charge in [0.15, 0.2) is 0 Å². The Kier molecular flexibility index (Phi) is 4.50. The van der Waals surface area contributed by atoms with Crippen LogP contribution in [0.25, 0.3) is 0 Å². The van der Waals surface area contributed by atoms with Gasteiger partial charge in [0.25, 0.3) is 0 Å². The first-order valence-electron chi connectivity index (χ1n) is 6.58. The lowest BCUT2D eigenvalue weighted by Crippen LogP contribution is -2.27. The number of sulfonamides is 1. The Morgan fingerprint density at radius 3 is 2.62 bits per heavy atom. The Balaban J connectivity index is 2.24. The summed E-state index contributed by atoms with van der Waals surface area (Å²) < 4.78 is 30.1. The fourth-order valence-electron chi connectivity index (χ4n) is 2.09. The molecule has 0 radical (unpaired) electrons. The number of hydrogen-bond acceptors (Lipinski definition) is 4. The summed E-state index contributed by atoms with van der Waals surface area (Å²) in [6, 6.07) is 1.70. The first-order chi connectivity index (χ1) is 9.86. The molecule has 0 aromatic carbocycles. The summed E-state index contributed by atoms with van der Waals surface area (Å²) in [5.74, 6) is 0.701. The summed E-state index contributed by atoms with van der Waals surface area (Å²) in [5.41, 5.74) is 0.918. The Bertz CT molecular complexity index is 717. The van der Waals surface area contributed by atoms with Crippen LogP contribution >= 0.6 is 0 Å². The van der Waals surface area contributed by atoms with E-state index in [9.17, 15) is 8.42 Å². The number of nitrogens with one attached hydrogen (secondary N) is 1. The zero-order valence-electron chi connectivity index (χ0n) is 12.7. The smallest absolute Gasteiger partial charge is 0.244 e. The first kappa shape index (κ1) is 15.7. The van der Waals surface area contributed by atoms with E-state index in [0.29, 0.717) is 17.3 Å². The summed E-state index contributed by atoms with van der Waals surface area (Å²) in [6.07, 6.45) is 5.09. The van der Waals surface area contributed by atoms with Crippen LogP contribution < -0.4 is 5.32 Å². The monoisotopic (exact) mass is 311 g/mol. The molecule has 0 bridgehead atoms. The Morgan fingerprint density at radius 2 is 2.05 bits per heavy atom. The highest BCUT2D eigenvalue weighted by Gasteiger charge is 2.24. The third-order valence-corrected chi connectivity index (χ3v) is 5.20. The van der Waals surface area contributed by atoms with Crippen LogP contribution in [-0.4, -0.2) is 40.9 Å². The molecule has 0 aliphatic rings. The van der Waals surface area contributed by atoms with Crippen molar-refractivity contribution in [2.45, 2.75) is 18.0 Å². The number of hydrogen-bond donors (Lipinski definition) is 1. The van der Waals surface area contributed by atoms with Crippen molar-refractivity contribution < 1.29 is 8.42 Å². The Hall–Kier alpha value is -1.64. The van der Waals surface area contributed by atoms with Gasteiger partial charge in [-0.25, -0.2) is 13.4 Å². The van der Waals surface area contributed by atoms with Gasteiger partial charge in [0.2, 0.25) is 10.0 Å². The largest absolute Gasteiger partial charge is 0.352 e. The molecule has 1 N–H and O–H groups in total. The van der Waals surface area contributed by atoms with Crippen molar-refractivity contribution in [1.82, 2.24) is 23.7 Å². The minimum atomic E-state index is -3.52. The van der Waals surface area contributed by atoms with Crippen LogP contribution in [0.1, 0.15) is 11.5 Å². The first-order valence-corrected chi connectivity index (χ1v) is 8.02. The number of aromatic nitrogens is 3. The van der Waals surface area contributed by atoms with E-state index in [1.165, 1.54) is 4.31 Å². The normalized spacial score (nSPS) is 12.2. The molecular formula is C13H21N5O2S. The molecule has 2 aromatic rings. The predicted molar refractivity (Wildman–Crippen MR) is 80.0 cm³/mol. The molecule has 116 valence electrons. The molecule has 8 heteroatoms. The van der Waals surface area contributed by atoms with Gasteiger partial charge < -0.3 is 14.5 Å². The van der Waals surface area contributed by atoms with Crippen molar-refractivity contribution in [2.24, 2.45) is 14.1 Å². The third kappa shape index (κ3) is 3.17. The molecule has 0 saturated heterocycles. The maximum Gasteiger partial charge on any atom is 0.244 e. The summed E-state index contributed by atoms with van der Waals surface area (Å²) >= 11 is 0. The van der Waals surface area contributed by atoms with Crippen molar-refractivity contribution >= 4 is 10.0 Å². The number of imidazole rings is 1. The zero-order chi connectivity index (χ0) is 15.6. The minimum Gasteiger partial charge on any atom is -0.352 e. The molecule has 0 unspecified atom stereocenters. The highest BCUT2D eigenvalue weighted by atomic mass is 32.2. The molecular weight excluding hydrogens is 290 g/mol. The van der Waals surface area contributed by atoms with Gasteiger partial charge in [-0.1, -0.05) is 0 Å². The molecule has 2 rings (SSSR count). The van der Waals surface area contributed by atoms with E-state index >= 15 is 0 Å². The van der Waals surface area contributed by atoms with Gasteiger partial charge in [0, 0.05) is 52.0 Å². The highest BCUT2D eigenvalue weighted by molar-refractivity contribution is 7.89. The van der Waals surface area contributed by atoms with Crippen molar-refractivity contribution in [2.75, 3.05) is 14.1 Å². The number of rotatable bonds is 6. The SMILES string of the molecule is CNCc1cc(S(=O)(=O)N(C)Cc2nccn2C)cn1C. The van der Waals surface area contributed by atoms with Crippen LogP contribution in [0.5, 0.6) is 0 Å². The van der Waals surface area contributed by atoms with Gasteiger partial charge in [0.1, 0.15) is 10.7 Å². The van der Waals surface area contributed by atoms with Crippen molar-refractivity contribution in [3.63, 3.8) is 0 Å². The summed E-state index contributed by atoms with van der Waals surface area (Å²) in [6.45, 7) is 0.858. The molecule has 2 aromatic heterocycles. The lowest BCUT2D eigenvalue weighted by molar-refractivity contribution is 0.451. The van der Waals surface area contributed by atoms with Crippen molar-refractivity contribution in [3.05, 3.63) is 36.2 Å². The quantitative estimate of drug-likeness (QED) is 0.833. The van der Waals surface area contributed by atoms with Crippen LogP contribution in [0.2, 0.25) is 0 Å².